The molecule has 4 N–H and O–H groups in total. The molecule has 1 aromatic carbocycles. The van der Waals surface area contributed by atoms with Crippen LogP contribution in [0, 0.1) is 5.92 Å². The number of esters is 1. The highest BCUT2D eigenvalue weighted by Gasteiger charge is 2.25. The van der Waals surface area contributed by atoms with Gasteiger partial charge in [0.2, 0.25) is 11.8 Å². The fourth-order valence-electron chi connectivity index (χ4n) is 3.61. The van der Waals surface area contributed by atoms with E-state index in [0.717, 1.165) is 16.5 Å². The summed E-state index contributed by atoms with van der Waals surface area (Å²) in [6.45, 7) is 8.81. The molecule has 2 aromatic rings. The topological polar surface area (TPSA) is 121 Å². The Kier molecular flexibility index (Phi) is 11.1. The van der Waals surface area contributed by atoms with Crippen LogP contribution in [0.1, 0.15) is 38.2 Å². The summed E-state index contributed by atoms with van der Waals surface area (Å²) in [5.74, 6) is -1.64. The fraction of sp³-hybridized carbons (Fsp3) is 0.423. The molecule has 1 heterocycles. The van der Waals surface area contributed by atoms with Gasteiger partial charge < -0.3 is 25.5 Å². The minimum absolute atomic E-state index is 0.00970. The Morgan fingerprint density at radius 3 is 2.65 bits per heavy atom. The average molecular weight is 470 g/mol. The average Bonchev–Trinajstić information content (AvgIpc) is 3.23. The third-order valence-corrected chi connectivity index (χ3v) is 5.42. The molecule has 0 fully saturated rings. The van der Waals surface area contributed by atoms with Crippen LogP contribution in [0.5, 0.6) is 0 Å². The number of H-pyrrole nitrogens is 1. The van der Waals surface area contributed by atoms with Gasteiger partial charge >= 0.3 is 5.97 Å². The normalized spacial score (nSPS) is 13.5. The zero-order chi connectivity index (χ0) is 24.9. The number of aliphatic hydroxyl groups is 1. The number of hydrogen-bond acceptors (Lipinski definition) is 5. The van der Waals surface area contributed by atoms with Gasteiger partial charge in [0.15, 0.2) is 0 Å². The number of fused-ring (bicyclic) bond motifs is 1. The number of hydrogen-bond donors (Lipinski definition) is 4. The van der Waals surface area contributed by atoms with Crippen molar-refractivity contribution in [3.63, 3.8) is 0 Å². The molecular weight excluding hydrogens is 434 g/mol. The Balaban J connectivity index is 2.12. The van der Waals surface area contributed by atoms with Crippen molar-refractivity contribution in [1.82, 2.24) is 15.6 Å². The van der Waals surface area contributed by atoms with Crippen molar-refractivity contribution in [1.29, 1.82) is 0 Å². The number of carbonyl (C=O) groups is 3. The van der Waals surface area contributed by atoms with Gasteiger partial charge in [0, 0.05) is 36.0 Å². The second-order valence-electron chi connectivity index (χ2n) is 8.36. The number of benzene rings is 1. The lowest BCUT2D eigenvalue weighted by atomic mass is 9.98. The first kappa shape index (κ1) is 26.9. The summed E-state index contributed by atoms with van der Waals surface area (Å²) in [5.41, 5.74) is 1.96. The van der Waals surface area contributed by atoms with Crippen LogP contribution in [0.25, 0.3) is 10.9 Å². The Morgan fingerprint density at radius 2 is 1.94 bits per heavy atom. The Hall–Kier alpha value is -3.39. The first-order valence-corrected chi connectivity index (χ1v) is 11.5. The van der Waals surface area contributed by atoms with Crippen LogP contribution in [0.2, 0.25) is 0 Å². The molecule has 8 nitrogen and oxygen atoms in total. The number of allylic oxidation sites excluding steroid dienone is 2. The van der Waals surface area contributed by atoms with Crippen LogP contribution in [0.4, 0.5) is 0 Å². The van der Waals surface area contributed by atoms with Gasteiger partial charge in [-0.3, -0.25) is 14.4 Å². The molecule has 0 spiro atoms. The molecule has 0 saturated carbocycles. The molecule has 0 aliphatic rings. The van der Waals surface area contributed by atoms with Crippen molar-refractivity contribution in [2.75, 3.05) is 13.2 Å². The molecule has 0 aliphatic carbocycles. The molecule has 34 heavy (non-hydrogen) atoms. The van der Waals surface area contributed by atoms with E-state index in [1.165, 1.54) is 0 Å². The maximum atomic E-state index is 13.1. The monoisotopic (exact) mass is 469 g/mol. The maximum Gasteiger partial charge on any atom is 0.306 e. The van der Waals surface area contributed by atoms with Crippen molar-refractivity contribution in [3.8, 4) is 0 Å². The lowest BCUT2D eigenvalue weighted by Gasteiger charge is -2.22. The van der Waals surface area contributed by atoms with Crippen LogP contribution < -0.4 is 10.6 Å². The molecule has 0 saturated heterocycles. The predicted octanol–water partition coefficient (Wildman–Crippen LogP) is 2.78. The van der Waals surface area contributed by atoms with Crippen molar-refractivity contribution < 1.29 is 24.2 Å². The van der Waals surface area contributed by atoms with E-state index >= 15 is 0 Å². The van der Waals surface area contributed by atoms with Gasteiger partial charge in [-0.25, -0.2) is 0 Å². The Bertz CT molecular complexity index is 984. The highest BCUT2D eigenvalue weighted by Crippen LogP contribution is 2.20. The first-order chi connectivity index (χ1) is 16.4. The quantitative estimate of drug-likeness (QED) is 0.236. The van der Waals surface area contributed by atoms with E-state index < -0.39 is 18.0 Å². The minimum Gasteiger partial charge on any atom is -0.463 e. The molecule has 2 rings (SSSR count). The van der Waals surface area contributed by atoms with Crippen LogP contribution >= 0.6 is 0 Å². The van der Waals surface area contributed by atoms with Gasteiger partial charge in [-0.1, -0.05) is 30.4 Å². The Morgan fingerprint density at radius 1 is 1.18 bits per heavy atom. The third kappa shape index (κ3) is 8.51. The van der Waals surface area contributed by atoms with E-state index in [4.69, 9.17) is 9.84 Å². The van der Waals surface area contributed by atoms with E-state index in [1.807, 2.05) is 30.5 Å². The number of aliphatic hydroxyl groups excluding tert-OH is 1. The predicted molar refractivity (Wildman–Crippen MR) is 132 cm³/mol. The summed E-state index contributed by atoms with van der Waals surface area (Å²) < 4.78 is 5.42. The zero-order valence-corrected chi connectivity index (χ0v) is 19.7. The number of amides is 2. The number of carbonyl (C=O) groups excluding carboxylic acids is 3. The molecule has 0 bridgehead atoms. The van der Waals surface area contributed by atoms with E-state index in [9.17, 15) is 14.4 Å². The van der Waals surface area contributed by atoms with Crippen molar-refractivity contribution in [2.45, 2.75) is 51.1 Å². The molecule has 1 aromatic heterocycles. The molecule has 0 aliphatic heterocycles. The van der Waals surface area contributed by atoms with Crippen LogP contribution in [-0.4, -0.2) is 53.2 Å². The molecular formula is C26H35N3O5. The lowest BCUT2D eigenvalue weighted by Crippen LogP contribution is -2.45. The van der Waals surface area contributed by atoms with E-state index in [1.54, 1.807) is 19.1 Å². The van der Waals surface area contributed by atoms with Gasteiger partial charge in [0.25, 0.3) is 0 Å². The summed E-state index contributed by atoms with van der Waals surface area (Å²) >= 11 is 0. The van der Waals surface area contributed by atoms with Gasteiger partial charge in [-0.15, -0.1) is 13.2 Å². The smallest absolute Gasteiger partial charge is 0.306 e. The van der Waals surface area contributed by atoms with Crippen LogP contribution in [0.3, 0.4) is 0 Å². The maximum absolute atomic E-state index is 13.1. The fourth-order valence-corrected chi connectivity index (χ4v) is 3.61. The second kappa shape index (κ2) is 14.0. The third-order valence-electron chi connectivity index (χ3n) is 5.42. The SMILES string of the molecule is C=CCCC(=O)OC[C@H](Cc1c[nH]c2ccccc12)NC(=O)[C@H](CC=C)CC(=O)N[C@H](C)CO. The van der Waals surface area contributed by atoms with Crippen LogP contribution in [0.15, 0.2) is 55.8 Å². The van der Waals surface area contributed by atoms with E-state index in [2.05, 4.69) is 28.8 Å². The molecule has 0 unspecified atom stereocenters. The molecule has 184 valence electrons. The summed E-state index contributed by atoms with van der Waals surface area (Å²) in [5, 5.41) is 15.8. The number of aromatic nitrogens is 1. The number of aromatic amines is 1. The molecule has 0 radical (unpaired) electrons. The second-order valence-corrected chi connectivity index (χ2v) is 8.36. The van der Waals surface area contributed by atoms with Crippen molar-refractivity contribution in [2.24, 2.45) is 5.92 Å². The highest BCUT2D eigenvalue weighted by atomic mass is 16.5. The number of para-hydroxylation sites is 1. The summed E-state index contributed by atoms with van der Waals surface area (Å²) in [6, 6.07) is 6.95. The lowest BCUT2D eigenvalue weighted by molar-refractivity contribution is -0.145. The van der Waals surface area contributed by atoms with Gasteiger partial charge in [0.05, 0.1) is 18.6 Å². The zero-order valence-electron chi connectivity index (χ0n) is 19.7. The van der Waals surface area contributed by atoms with Crippen molar-refractivity contribution >= 4 is 28.7 Å². The summed E-state index contributed by atoms with van der Waals surface area (Å²) in [6.07, 6.45) is 6.58. The van der Waals surface area contributed by atoms with Gasteiger partial charge in [-0.05, 0) is 37.8 Å². The molecule has 3 atom stereocenters. The summed E-state index contributed by atoms with van der Waals surface area (Å²) in [4.78, 5) is 40.6. The van der Waals surface area contributed by atoms with Gasteiger partial charge in [-0.2, -0.15) is 0 Å². The Labute approximate surface area is 200 Å². The standard InChI is InChI=1S/C26H35N3O5/c1-4-6-12-25(32)34-17-21(13-20-15-27-23-11-8-7-10-22(20)23)29-26(33)19(9-5-2)14-24(31)28-18(3)16-30/h4-5,7-8,10-11,15,18-19,21,27,30H,1-2,6,9,12-14,16-17H2,3H3,(H,28,31)(H,29,33)/t18-,19-,21+/m1/s1. The van der Waals surface area contributed by atoms with E-state index in [-0.39, 0.29) is 43.8 Å². The number of ether oxygens (including phenoxy) is 1. The number of nitrogens with one attached hydrogen (secondary N) is 3. The first-order valence-electron chi connectivity index (χ1n) is 11.5. The summed E-state index contributed by atoms with van der Waals surface area (Å²) in [7, 11) is 0. The largest absolute Gasteiger partial charge is 0.463 e. The van der Waals surface area contributed by atoms with E-state index in [0.29, 0.717) is 19.3 Å². The van der Waals surface area contributed by atoms with Gasteiger partial charge in [0.1, 0.15) is 6.61 Å². The number of rotatable bonds is 15. The van der Waals surface area contributed by atoms with Crippen LogP contribution in [-0.2, 0) is 25.5 Å². The molecule has 8 heteroatoms. The van der Waals surface area contributed by atoms with Crippen molar-refractivity contribution in [3.05, 3.63) is 61.3 Å². The minimum atomic E-state index is -0.634. The molecule has 2 amide bonds. The highest BCUT2D eigenvalue weighted by molar-refractivity contribution is 5.86.